The van der Waals surface area contributed by atoms with Gasteiger partial charge in [0, 0.05) is 7.11 Å². The van der Waals surface area contributed by atoms with Crippen LogP contribution in [0.1, 0.15) is 53.4 Å². The fraction of sp³-hybridized carbons (Fsp3) is 0.688. The normalized spacial score (nSPS) is 14.2. The Balaban J connectivity index is 0. The van der Waals surface area contributed by atoms with Crippen LogP contribution in [0.5, 0.6) is 0 Å². The lowest BCUT2D eigenvalue weighted by atomic mass is 9.95. The molecule has 20 heavy (non-hydrogen) atoms. The molecule has 0 saturated carbocycles. The van der Waals surface area contributed by atoms with E-state index in [2.05, 4.69) is 20.8 Å². The molecule has 0 radical (unpaired) electrons. The van der Waals surface area contributed by atoms with Crippen molar-refractivity contribution >= 4 is 5.97 Å². The molecule has 0 aliphatic heterocycles. The van der Waals surface area contributed by atoms with Gasteiger partial charge in [0.1, 0.15) is 0 Å². The van der Waals surface area contributed by atoms with Gasteiger partial charge < -0.3 is 20.8 Å². The fourth-order valence-electron chi connectivity index (χ4n) is 1.82. The number of carbonyl (C=O) groups is 1. The number of aliphatic carboxylic acids is 1. The van der Waals surface area contributed by atoms with Crippen LogP contribution in [0.25, 0.3) is 0 Å². The molecule has 0 saturated heterocycles. The van der Waals surface area contributed by atoms with Crippen LogP contribution >= 0.6 is 0 Å². The molecular formula is C16H31NO3. The molecule has 0 aromatic rings. The molecule has 4 nitrogen and oxygen atoms in total. The first-order valence-corrected chi connectivity index (χ1v) is 6.88. The summed E-state index contributed by atoms with van der Waals surface area (Å²) in [4.78, 5) is 10.3. The minimum Gasteiger partial charge on any atom is -0.545 e. The second-order valence-electron chi connectivity index (χ2n) is 5.81. The van der Waals surface area contributed by atoms with Crippen LogP contribution in [0, 0.1) is 5.92 Å². The van der Waals surface area contributed by atoms with Gasteiger partial charge in [0.25, 0.3) is 0 Å². The van der Waals surface area contributed by atoms with Crippen LogP contribution in [-0.2, 0) is 9.53 Å². The van der Waals surface area contributed by atoms with Gasteiger partial charge in [0.05, 0.1) is 11.6 Å². The first-order chi connectivity index (χ1) is 8.76. The third kappa shape index (κ3) is 11.9. The highest BCUT2D eigenvalue weighted by Crippen LogP contribution is 2.20. The SMILES string of the molecule is COC(C)(C)CCCC(C)CC=CC(C)=CC(=O)[O-].[NH4+]. The Morgan fingerprint density at radius 3 is 2.50 bits per heavy atom. The van der Waals surface area contributed by atoms with Crippen molar-refractivity contribution in [1.29, 1.82) is 0 Å². The van der Waals surface area contributed by atoms with Gasteiger partial charge in [-0.25, -0.2) is 0 Å². The van der Waals surface area contributed by atoms with Crippen molar-refractivity contribution in [3.63, 3.8) is 0 Å². The highest BCUT2D eigenvalue weighted by atomic mass is 16.5. The maximum atomic E-state index is 10.3. The number of hydrogen-bond acceptors (Lipinski definition) is 3. The smallest absolute Gasteiger partial charge is 0.0645 e. The summed E-state index contributed by atoms with van der Waals surface area (Å²) in [6.07, 6.45) is 9.30. The number of ether oxygens (including phenoxy) is 1. The highest BCUT2D eigenvalue weighted by Gasteiger charge is 2.15. The largest absolute Gasteiger partial charge is 0.545 e. The predicted octanol–water partition coefficient (Wildman–Crippen LogP) is 3.24. The lowest BCUT2D eigenvalue weighted by molar-refractivity contribution is -0.297. The third-order valence-electron chi connectivity index (χ3n) is 3.29. The van der Waals surface area contributed by atoms with E-state index in [4.69, 9.17) is 4.74 Å². The number of carbonyl (C=O) groups excluding carboxylic acids is 1. The molecular weight excluding hydrogens is 254 g/mol. The lowest BCUT2D eigenvalue weighted by Gasteiger charge is -2.23. The molecule has 0 aromatic carbocycles. The van der Waals surface area contributed by atoms with Gasteiger partial charge in [0.15, 0.2) is 0 Å². The number of allylic oxidation sites excluding steroid dienone is 3. The second-order valence-corrected chi connectivity index (χ2v) is 5.81. The van der Waals surface area contributed by atoms with E-state index in [1.807, 2.05) is 12.2 Å². The van der Waals surface area contributed by atoms with E-state index >= 15 is 0 Å². The number of hydrogen-bond donors (Lipinski definition) is 1. The maximum absolute atomic E-state index is 10.3. The highest BCUT2D eigenvalue weighted by molar-refractivity contribution is 5.79. The summed E-state index contributed by atoms with van der Waals surface area (Å²) in [5.74, 6) is -0.545. The molecule has 0 aliphatic rings. The van der Waals surface area contributed by atoms with Crippen LogP contribution < -0.4 is 11.3 Å². The maximum Gasteiger partial charge on any atom is 0.0645 e. The van der Waals surface area contributed by atoms with Gasteiger partial charge in [-0.1, -0.05) is 31.9 Å². The van der Waals surface area contributed by atoms with Crippen molar-refractivity contribution in [2.24, 2.45) is 5.92 Å². The van der Waals surface area contributed by atoms with Crippen LogP contribution in [-0.4, -0.2) is 18.7 Å². The van der Waals surface area contributed by atoms with Gasteiger partial charge in [-0.2, -0.15) is 0 Å². The Bertz CT molecular complexity index is 333. The second kappa shape index (κ2) is 10.6. The number of quaternary nitrogens is 1. The zero-order valence-corrected chi connectivity index (χ0v) is 13.9. The molecule has 0 fully saturated rings. The Hall–Kier alpha value is -1.13. The monoisotopic (exact) mass is 285 g/mol. The third-order valence-corrected chi connectivity index (χ3v) is 3.29. The van der Waals surface area contributed by atoms with Crippen LogP contribution in [0.15, 0.2) is 23.8 Å². The van der Waals surface area contributed by atoms with Crippen LogP contribution in [0.4, 0.5) is 0 Å². The van der Waals surface area contributed by atoms with Gasteiger partial charge >= 0.3 is 0 Å². The average molecular weight is 285 g/mol. The fourth-order valence-corrected chi connectivity index (χ4v) is 1.82. The minimum absolute atomic E-state index is 0. The van der Waals surface area contributed by atoms with Crippen molar-refractivity contribution in [1.82, 2.24) is 6.15 Å². The summed E-state index contributed by atoms with van der Waals surface area (Å²) in [5.41, 5.74) is 0.677. The number of carboxylic acids is 1. The first-order valence-electron chi connectivity index (χ1n) is 6.88. The summed E-state index contributed by atoms with van der Waals surface area (Å²) in [7, 11) is 1.75. The van der Waals surface area contributed by atoms with Gasteiger partial charge in [0.2, 0.25) is 0 Å². The quantitative estimate of drug-likeness (QED) is 0.521. The Morgan fingerprint density at radius 1 is 1.40 bits per heavy atom. The summed E-state index contributed by atoms with van der Waals surface area (Å²) >= 11 is 0. The predicted molar refractivity (Wildman–Crippen MR) is 82.6 cm³/mol. The molecule has 1 atom stereocenters. The Morgan fingerprint density at radius 2 is 2.00 bits per heavy atom. The molecule has 4 heteroatoms. The van der Waals surface area contributed by atoms with E-state index in [1.54, 1.807) is 14.0 Å². The van der Waals surface area contributed by atoms with Crippen molar-refractivity contribution in [2.75, 3.05) is 7.11 Å². The summed E-state index contributed by atoms with van der Waals surface area (Å²) < 4.78 is 5.39. The first kappa shape index (κ1) is 21.2. The Labute approximate surface area is 123 Å². The van der Waals surface area contributed by atoms with Crippen molar-refractivity contribution in [3.05, 3.63) is 23.8 Å². The summed E-state index contributed by atoms with van der Waals surface area (Å²) in [5, 5.41) is 10.3. The molecule has 0 rings (SSSR count). The van der Waals surface area contributed by atoms with Crippen molar-refractivity contribution in [2.45, 2.75) is 59.0 Å². The van der Waals surface area contributed by atoms with E-state index < -0.39 is 5.97 Å². The molecule has 4 N–H and O–H groups in total. The topological polar surface area (TPSA) is 85.9 Å². The average Bonchev–Trinajstić information content (AvgIpc) is 2.27. The summed E-state index contributed by atoms with van der Waals surface area (Å²) in [6.45, 7) is 8.18. The van der Waals surface area contributed by atoms with E-state index in [0.717, 1.165) is 31.8 Å². The van der Waals surface area contributed by atoms with E-state index in [1.165, 1.54) is 0 Å². The molecule has 0 aromatic heterocycles. The van der Waals surface area contributed by atoms with E-state index in [0.29, 0.717) is 11.5 Å². The standard InChI is InChI=1S/C16H28O3.H3N/c1-13(10-7-11-16(3,4)19-5)8-6-9-14(2)12-15(17)18;/h6,9,12-13H,7-8,10-11H2,1-5H3,(H,17,18);1H3. The van der Waals surface area contributed by atoms with E-state index in [-0.39, 0.29) is 11.8 Å². The van der Waals surface area contributed by atoms with Crippen molar-refractivity contribution in [3.8, 4) is 0 Å². The molecule has 0 bridgehead atoms. The number of carboxylic acid groups (broad SMARTS) is 1. The van der Waals surface area contributed by atoms with Crippen molar-refractivity contribution < 1.29 is 14.6 Å². The number of methoxy groups -OCH3 is 1. The minimum atomic E-state index is -1.14. The van der Waals surface area contributed by atoms with E-state index in [9.17, 15) is 9.90 Å². The van der Waals surface area contributed by atoms with Gasteiger partial charge in [-0.15, -0.1) is 0 Å². The zero-order chi connectivity index (χ0) is 14.9. The number of rotatable bonds is 9. The lowest BCUT2D eigenvalue weighted by Crippen LogP contribution is -2.22. The van der Waals surface area contributed by atoms with Crippen LogP contribution in [0.2, 0.25) is 0 Å². The zero-order valence-electron chi connectivity index (χ0n) is 13.9. The van der Waals surface area contributed by atoms with Gasteiger partial charge in [-0.05, 0) is 51.2 Å². The Kier molecular flexibility index (Phi) is 11.3. The van der Waals surface area contributed by atoms with Gasteiger partial charge in [-0.3, -0.25) is 0 Å². The molecule has 1 unspecified atom stereocenters. The molecule has 0 spiro atoms. The summed E-state index contributed by atoms with van der Waals surface area (Å²) in [6, 6.07) is 0. The molecule has 118 valence electrons. The molecule has 0 heterocycles. The van der Waals surface area contributed by atoms with Crippen LogP contribution in [0.3, 0.4) is 0 Å². The molecule has 0 amide bonds. The molecule has 0 aliphatic carbocycles.